The van der Waals surface area contributed by atoms with Crippen LogP contribution < -0.4 is 11.1 Å². The SMILES string of the molecule is CCSCCC(C)NC(=O)c1ccc(/C(N)=N/O)cn1. The van der Waals surface area contributed by atoms with Crippen LogP contribution >= 0.6 is 11.8 Å². The molecule has 0 aliphatic carbocycles. The van der Waals surface area contributed by atoms with Gasteiger partial charge in [-0.05, 0) is 37.0 Å². The Hall–Kier alpha value is -1.76. The van der Waals surface area contributed by atoms with E-state index in [0.29, 0.717) is 11.3 Å². The van der Waals surface area contributed by atoms with Crippen molar-refractivity contribution in [3.8, 4) is 0 Å². The van der Waals surface area contributed by atoms with E-state index in [-0.39, 0.29) is 17.8 Å². The highest BCUT2D eigenvalue weighted by Gasteiger charge is 2.11. The third-order valence-corrected chi connectivity index (χ3v) is 3.61. The average molecular weight is 296 g/mol. The number of amidine groups is 1. The van der Waals surface area contributed by atoms with Crippen LogP contribution in [0.4, 0.5) is 0 Å². The molecule has 0 bridgehead atoms. The van der Waals surface area contributed by atoms with E-state index in [0.717, 1.165) is 17.9 Å². The molecule has 0 radical (unpaired) electrons. The maximum Gasteiger partial charge on any atom is 0.270 e. The Morgan fingerprint density at radius 1 is 1.60 bits per heavy atom. The Bertz CT molecular complexity index is 462. The fourth-order valence-electron chi connectivity index (χ4n) is 1.51. The van der Waals surface area contributed by atoms with Gasteiger partial charge in [0.25, 0.3) is 5.91 Å². The summed E-state index contributed by atoms with van der Waals surface area (Å²) in [6, 6.07) is 3.25. The highest BCUT2D eigenvalue weighted by Crippen LogP contribution is 2.05. The number of nitrogens with zero attached hydrogens (tertiary/aromatic N) is 2. The molecule has 1 amide bonds. The second kappa shape index (κ2) is 8.42. The first-order chi connectivity index (χ1) is 9.58. The minimum Gasteiger partial charge on any atom is -0.409 e. The van der Waals surface area contributed by atoms with Gasteiger partial charge in [0.05, 0.1) is 0 Å². The molecule has 1 rings (SSSR count). The first-order valence-electron chi connectivity index (χ1n) is 6.41. The topological polar surface area (TPSA) is 101 Å². The second-order valence-corrected chi connectivity index (χ2v) is 5.67. The maximum atomic E-state index is 11.9. The third kappa shape index (κ3) is 5.08. The lowest BCUT2D eigenvalue weighted by Crippen LogP contribution is -2.33. The molecular formula is C13H20N4O2S. The lowest BCUT2D eigenvalue weighted by molar-refractivity contribution is 0.0934. The molecule has 0 saturated carbocycles. The number of nitrogens with two attached hydrogens (primary N) is 1. The fourth-order valence-corrected chi connectivity index (χ4v) is 2.32. The number of oxime groups is 1. The summed E-state index contributed by atoms with van der Waals surface area (Å²) in [4.78, 5) is 16.0. The van der Waals surface area contributed by atoms with Gasteiger partial charge in [0, 0.05) is 17.8 Å². The molecule has 6 nitrogen and oxygen atoms in total. The van der Waals surface area contributed by atoms with E-state index < -0.39 is 0 Å². The lowest BCUT2D eigenvalue weighted by Gasteiger charge is -2.13. The number of carbonyl (C=O) groups is 1. The van der Waals surface area contributed by atoms with Crippen LogP contribution in [0.1, 0.15) is 36.3 Å². The number of carbonyl (C=O) groups excluding carboxylic acids is 1. The molecule has 0 fully saturated rings. The lowest BCUT2D eigenvalue weighted by atomic mass is 10.2. The van der Waals surface area contributed by atoms with Gasteiger partial charge in [-0.2, -0.15) is 11.8 Å². The molecule has 1 unspecified atom stereocenters. The molecule has 0 spiro atoms. The number of amides is 1. The van der Waals surface area contributed by atoms with Crippen molar-refractivity contribution in [2.75, 3.05) is 11.5 Å². The normalized spacial score (nSPS) is 13.0. The quantitative estimate of drug-likeness (QED) is 0.232. The van der Waals surface area contributed by atoms with E-state index in [4.69, 9.17) is 10.9 Å². The Kier molecular flexibility index (Phi) is 6.86. The molecule has 1 heterocycles. The molecule has 0 saturated heterocycles. The molecule has 4 N–H and O–H groups in total. The molecule has 110 valence electrons. The van der Waals surface area contributed by atoms with E-state index in [1.807, 2.05) is 18.7 Å². The first-order valence-corrected chi connectivity index (χ1v) is 7.56. The van der Waals surface area contributed by atoms with E-state index in [1.54, 1.807) is 12.1 Å². The summed E-state index contributed by atoms with van der Waals surface area (Å²) >= 11 is 1.85. The zero-order valence-electron chi connectivity index (χ0n) is 11.7. The van der Waals surface area contributed by atoms with Crippen LogP contribution in [0.3, 0.4) is 0 Å². The number of aromatic nitrogens is 1. The van der Waals surface area contributed by atoms with Crippen molar-refractivity contribution in [2.45, 2.75) is 26.3 Å². The first kappa shape index (κ1) is 16.3. The molecule has 20 heavy (non-hydrogen) atoms. The average Bonchev–Trinajstić information content (AvgIpc) is 2.46. The molecular weight excluding hydrogens is 276 g/mol. The summed E-state index contributed by atoms with van der Waals surface area (Å²) in [6.07, 6.45) is 2.33. The van der Waals surface area contributed by atoms with Gasteiger partial charge < -0.3 is 16.3 Å². The third-order valence-electron chi connectivity index (χ3n) is 2.68. The van der Waals surface area contributed by atoms with Crippen LogP contribution in [0.2, 0.25) is 0 Å². The van der Waals surface area contributed by atoms with Crippen LogP contribution in [-0.2, 0) is 0 Å². The summed E-state index contributed by atoms with van der Waals surface area (Å²) in [6.45, 7) is 4.08. The summed E-state index contributed by atoms with van der Waals surface area (Å²) in [5.74, 6) is 1.85. The molecule has 1 aromatic rings. The van der Waals surface area contributed by atoms with Crippen molar-refractivity contribution in [2.24, 2.45) is 10.9 Å². The number of hydrogen-bond donors (Lipinski definition) is 3. The summed E-state index contributed by atoms with van der Waals surface area (Å²) in [7, 11) is 0. The van der Waals surface area contributed by atoms with E-state index >= 15 is 0 Å². The molecule has 0 aliphatic heterocycles. The van der Waals surface area contributed by atoms with Crippen molar-refractivity contribution in [1.29, 1.82) is 0 Å². The second-order valence-electron chi connectivity index (χ2n) is 4.28. The van der Waals surface area contributed by atoms with E-state index in [9.17, 15) is 4.79 Å². The van der Waals surface area contributed by atoms with Gasteiger partial charge >= 0.3 is 0 Å². The number of thioether (sulfide) groups is 1. The number of nitrogens with one attached hydrogen (secondary N) is 1. The van der Waals surface area contributed by atoms with Crippen LogP contribution in [-0.4, -0.2) is 39.5 Å². The van der Waals surface area contributed by atoms with Crippen LogP contribution in [0.15, 0.2) is 23.5 Å². The molecule has 1 aromatic heterocycles. The predicted octanol–water partition coefficient (Wildman–Crippen LogP) is 1.44. The maximum absolute atomic E-state index is 11.9. The van der Waals surface area contributed by atoms with Crippen molar-refractivity contribution < 1.29 is 10.0 Å². The highest BCUT2D eigenvalue weighted by molar-refractivity contribution is 7.99. The van der Waals surface area contributed by atoms with Gasteiger partial charge in [0.2, 0.25) is 0 Å². The van der Waals surface area contributed by atoms with Gasteiger partial charge in [-0.25, -0.2) is 0 Å². The van der Waals surface area contributed by atoms with Gasteiger partial charge in [-0.15, -0.1) is 0 Å². The smallest absolute Gasteiger partial charge is 0.270 e. The zero-order valence-corrected chi connectivity index (χ0v) is 12.5. The highest BCUT2D eigenvalue weighted by atomic mass is 32.2. The van der Waals surface area contributed by atoms with Crippen LogP contribution in [0.5, 0.6) is 0 Å². The largest absolute Gasteiger partial charge is 0.409 e. The zero-order chi connectivity index (χ0) is 15.0. The van der Waals surface area contributed by atoms with Crippen molar-refractivity contribution >= 4 is 23.5 Å². The monoisotopic (exact) mass is 296 g/mol. The minimum atomic E-state index is -0.218. The van der Waals surface area contributed by atoms with Gasteiger partial charge in [0.15, 0.2) is 5.84 Å². The summed E-state index contributed by atoms with van der Waals surface area (Å²) in [5.41, 5.74) is 6.21. The summed E-state index contributed by atoms with van der Waals surface area (Å²) < 4.78 is 0. The van der Waals surface area contributed by atoms with Crippen LogP contribution in [0, 0.1) is 0 Å². The summed E-state index contributed by atoms with van der Waals surface area (Å²) in [5, 5.41) is 14.3. The number of pyridine rings is 1. The Morgan fingerprint density at radius 3 is 2.90 bits per heavy atom. The predicted molar refractivity (Wildman–Crippen MR) is 81.3 cm³/mol. The van der Waals surface area contributed by atoms with Crippen molar-refractivity contribution in [3.63, 3.8) is 0 Å². The Labute approximate surface area is 122 Å². The molecule has 1 atom stereocenters. The van der Waals surface area contributed by atoms with Crippen LogP contribution in [0.25, 0.3) is 0 Å². The minimum absolute atomic E-state index is 0.0329. The van der Waals surface area contributed by atoms with E-state index in [1.165, 1.54) is 6.20 Å². The van der Waals surface area contributed by atoms with Crippen molar-refractivity contribution in [3.05, 3.63) is 29.6 Å². The fraction of sp³-hybridized carbons (Fsp3) is 0.462. The Balaban J connectivity index is 2.55. The van der Waals surface area contributed by atoms with Gasteiger partial charge in [-0.3, -0.25) is 9.78 Å². The molecule has 0 aromatic carbocycles. The molecule has 0 aliphatic rings. The standard InChI is InChI=1S/C13H20N4O2S/c1-3-20-7-6-9(2)16-13(18)11-5-4-10(8-15-11)12(14)17-19/h4-5,8-9,19H,3,6-7H2,1-2H3,(H2,14,17)(H,16,18). The van der Waals surface area contributed by atoms with Gasteiger partial charge in [-0.1, -0.05) is 12.1 Å². The Morgan fingerprint density at radius 2 is 2.35 bits per heavy atom. The molecule has 7 heteroatoms. The van der Waals surface area contributed by atoms with Gasteiger partial charge in [0.1, 0.15) is 5.69 Å². The number of rotatable bonds is 7. The number of hydrogen-bond acceptors (Lipinski definition) is 5. The van der Waals surface area contributed by atoms with E-state index in [2.05, 4.69) is 22.4 Å². The van der Waals surface area contributed by atoms with Crippen molar-refractivity contribution in [1.82, 2.24) is 10.3 Å².